The molecule has 3 aromatic rings. The first kappa shape index (κ1) is 21.4. The minimum absolute atomic E-state index is 0.00831. The Morgan fingerprint density at radius 1 is 1.26 bits per heavy atom. The molecule has 10 heteroatoms. The van der Waals surface area contributed by atoms with Gasteiger partial charge in [-0.2, -0.15) is 0 Å². The van der Waals surface area contributed by atoms with Gasteiger partial charge in [-0.1, -0.05) is 0 Å². The van der Waals surface area contributed by atoms with E-state index in [0.717, 1.165) is 36.6 Å². The molecule has 0 aromatic carbocycles. The van der Waals surface area contributed by atoms with Gasteiger partial charge >= 0.3 is 0 Å². The van der Waals surface area contributed by atoms with Crippen LogP contribution in [0.2, 0.25) is 0 Å². The zero-order valence-corrected chi connectivity index (χ0v) is 18.0. The first-order valence-electron chi connectivity index (χ1n) is 10.3. The van der Waals surface area contributed by atoms with Crippen LogP contribution in [0, 0.1) is 6.92 Å². The highest BCUT2D eigenvalue weighted by Crippen LogP contribution is 2.36. The van der Waals surface area contributed by atoms with Crippen molar-refractivity contribution in [3.8, 4) is 5.88 Å². The van der Waals surface area contributed by atoms with E-state index in [1.165, 1.54) is 17.7 Å². The lowest BCUT2D eigenvalue weighted by molar-refractivity contribution is 0.0647. The molecule has 1 saturated carbocycles. The van der Waals surface area contributed by atoms with Crippen molar-refractivity contribution in [1.29, 1.82) is 0 Å². The van der Waals surface area contributed by atoms with Crippen LogP contribution in [0.15, 0.2) is 24.7 Å². The molecule has 0 saturated heterocycles. The molecule has 0 aliphatic heterocycles. The number of aryl methyl sites for hydroxylation is 1. The molecule has 0 atom stereocenters. The molecule has 0 radical (unpaired) electrons. The molecule has 0 spiro atoms. The Labute approximate surface area is 183 Å². The van der Waals surface area contributed by atoms with E-state index in [9.17, 15) is 9.90 Å². The number of aromatic nitrogens is 3. The number of carbonyl (C=O) groups is 1. The fourth-order valence-electron chi connectivity index (χ4n) is 3.66. The Morgan fingerprint density at radius 2 is 2.06 bits per heavy atom. The van der Waals surface area contributed by atoms with Crippen molar-refractivity contribution in [2.75, 3.05) is 18.5 Å². The van der Waals surface area contributed by atoms with Crippen LogP contribution in [0.5, 0.6) is 5.88 Å². The molecule has 1 fully saturated rings. The number of hydrogen-bond acceptors (Lipinski definition) is 9. The summed E-state index contributed by atoms with van der Waals surface area (Å²) in [5.74, 6) is 0.798. The van der Waals surface area contributed by atoms with Crippen molar-refractivity contribution < 1.29 is 19.7 Å². The minimum atomic E-state index is -0.249. The molecule has 3 aromatic heterocycles. The first-order chi connectivity index (χ1) is 15.1. The molecule has 4 N–H and O–H groups in total. The van der Waals surface area contributed by atoms with Crippen molar-refractivity contribution in [1.82, 2.24) is 20.3 Å². The van der Waals surface area contributed by atoms with Gasteiger partial charge in [0.05, 0.1) is 23.0 Å². The summed E-state index contributed by atoms with van der Waals surface area (Å²) in [7, 11) is 0. The fraction of sp³-hybridized carbons (Fsp3) is 0.429. The van der Waals surface area contributed by atoms with Gasteiger partial charge in [0.15, 0.2) is 0 Å². The van der Waals surface area contributed by atoms with Gasteiger partial charge in [0.2, 0.25) is 5.88 Å². The van der Waals surface area contributed by atoms with Gasteiger partial charge in [-0.15, -0.1) is 11.3 Å². The predicted molar refractivity (Wildman–Crippen MR) is 118 cm³/mol. The molecule has 1 aliphatic rings. The Kier molecular flexibility index (Phi) is 6.59. The van der Waals surface area contributed by atoms with Crippen LogP contribution in [0.4, 0.5) is 11.5 Å². The number of pyridine rings is 1. The monoisotopic (exact) mass is 443 g/mol. The highest BCUT2D eigenvalue weighted by molar-refractivity contribution is 7.20. The maximum atomic E-state index is 12.4. The molecule has 1 amide bonds. The van der Waals surface area contributed by atoms with Gasteiger partial charge in [0, 0.05) is 12.7 Å². The molecule has 164 valence electrons. The van der Waals surface area contributed by atoms with Crippen LogP contribution in [0.3, 0.4) is 0 Å². The summed E-state index contributed by atoms with van der Waals surface area (Å²) in [6.07, 6.45) is 5.90. The number of amides is 1. The third-order valence-corrected chi connectivity index (χ3v) is 6.48. The lowest BCUT2D eigenvalue weighted by Crippen LogP contribution is -2.27. The molecule has 9 nitrogen and oxygen atoms in total. The second-order valence-electron chi connectivity index (χ2n) is 7.47. The van der Waals surface area contributed by atoms with Crippen LogP contribution in [0.25, 0.3) is 10.2 Å². The van der Waals surface area contributed by atoms with E-state index in [-0.39, 0.29) is 31.3 Å². The van der Waals surface area contributed by atoms with Crippen molar-refractivity contribution >= 4 is 39.0 Å². The zero-order valence-electron chi connectivity index (χ0n) is 17.2. The first-order valence-corrected chi connectivity index (χ1v) is 11.1. The van der Waals surface area contributed by atoms with Crippen LogP contribution in [0.1, 0.15) is 40.9 Å². The van der Waals surface area contributed by atoms with Gasteiger partial charge in [0.1, 0.15) is 28.8 Å². The average Bonchev–Trinajstić information content (AvgIpc) is 3.12. The average molecular weight is 444 g/mol. The minimum Gasteiger partial charge on any atom is -0.473 e. The Balaban J connectivity index is 1.60. The summed E-state index contributed by atoms with van der Waals surface area (Å²) in [5, 5.41) is 25.4. The molecular formula is C21H25N5O4S. The molecule has 0 bridgehead atoms. The fourth-order valence-corrected chi connectivity index (χ4v) is 4.73. The van der Waals surface area contributed by atoms with Crippen molar-refractivity contribution in [2.24, 2.45) is 0 Å². The number of nitrogens with one attached hydrogen (secondary N) is 2. The van der Waals surface area contributed by atoms with Crippen molar-refractivity contribution in [2.45, 2.75) is 44.8 Å². The van der Waals surface area contributed by atoms with E-state index < -0.39 is 0 Å². The molecular weight excluding hydrogens is 418 g/mol. The predicted octanol–water partition coefficient (Wildman–Crippen LogP) is 2.54. The maximum Gasteiger partial charge on any atom is 0.261 e. The summed E-state index contributed by atoms with van der Waals surface area (Å²) in [5.41, 5.74) is 1.44. The second kappa shape index (κ2) is 9.54. The van der Waals surface area contributed by atoms with Crippen molar-refractivity contribution in [3.05, 3.63) is 35.1 Å². The number of aliphatic hydroxyl groups is 2. The lowest BCUT2D eigenvalue weighted by atomic mass is 9.95. The van der Waals surface area contributed by atoms with E-state index in [2.05, 4.69) is 25.6 Å². The van der Waals surface area contributed by atoms with E-state index in [1.54, 1.807) is 6.20 Å². The Bertz CT molecular complexity index is 1070. The van der Waals surface area contributed by atoms with Crippen LogP contribution in [-0.4, -0.2) is 56.4 Å². The summed E-state index contributed by atoms with van der Waals surface area (Å²) in [4.78, 5) is 26.8. The second-order valence-corrected chi connectivity index (χ2v) is 8.47. The third kappa shape index (κ3) is 4.76. The van der Waals surface area contributed by atoms with Crippen LogP contribution < -0.4 is 15.4 Å². The summed E-state index contributed by atoms with van der Waals surface area (Å²) in [6.45, 7) is 1.93. The lowest BCUT2D eigenvalue weighted by Gasteiger charge is -2.26. The molecule has 3 heterocycles. The Morgan fingerprint density at radius 3 is 2.84 bits per heavy atom. The zero-order chi connectivity index (χ0) is 21.8. The number of ether oxygens (including phenoxy) is 1. The topological polar surface area (TPSA) is 129 Å². The van der Waals surface area contributed by atoms with E-state index in [1.807, 2.05) is 19.1 Å². The van der Waals surface area contributed by atoms with Gasteiger partial charge < -0.3 is 25.6 Å². The Hall–Kier alpha value is -2.82. The highest BCUT2D eigenvalue weighted by atomic mass is 32.1. The number of thiophene rings is 1. The van der Waals surface area contributed by atoms with E-state index in [4.69, 9.17) is 9.84 Å². The normalized spacial score (nSPS) is 18.7. The number of hydrogen-bond donors (Lipinski definition) is 4. The highest BCUT2D eigenvalue weighted by Gasteiger charge is 2.23. The molecule has 1 aliphatic carbocycles. The standard InChI is InChI=1S/C21H25N5O4S/c1-12-16-18(24-11-25-21(16)31-17(12)19(29)22-9-10-27)26-15-3-2-8-23-20(15)30-14-6-4-13(28)5-7-14/h2-3,8,11,13-14,27-28H,4-7,9-10H2,1H3,(H,22,29)(H,24,25,26)/t13-,14-. The number of nitrogens with zero attached hydrogens (tertiary/aromatic N) is 3. The quantitative estimate of drug-likeness (QED) is 0.438. The van der Waals surface area contributed by atoms with E-state index >= 15 is 0 Å². The summed E-state index contributed by atoms with van der Waals surface area (Å²) < 4.78 is 6.12. The molecule has 31 heavy (non-hydrogen) atoms. The SMILES string of the molecule is Cc1c(C(=O)NCCO)sc2ncnc(Nc3cccnc3O[C@H]3CC[C@H](O)CC3)c12. The number of aliphatic hydroxyl groups excluding tert-OH is 2. The van der Waals surface area contributed by atoms with Crippen molar-refractivity contribution in [3.63, 3.8) is 0 Å². The largest absolute Gasteiger partial charge is 0.473 e. The molecule has 0 unspecified atom stereocenters. The van der Waals surface area contributed by atoms with E-state index in [0.29, 0.717) is 27.1 Å². The molecule has 4 rings (SSSR count). The van der Waals surface area contributed by atoms with Gasteiger partial charge in [0.25, 0.3) is 5.91 Å². The van der Waals surface area contributed by atoms with Gasteiger partial charge in [-0.05, 0) is 50.3 Å². The van der Waals surface area contributed by atoms with Crippen LogP contribution in [-0.2, 0) is 0 Å². The summed E-state index contributed by atoms with van der Waals surface area (Å²) >= 11 is 1.28. The number of anilines is 2. The number of rotatable bonds is 7. The van der Waals surface area contributed by atoms with Gasteiger partial charge in [-0.25, -0.2) is 15.0 Å². The summed E-state index contributed by atoms with van der Waals surface area (Å²) in [6, 6.07) is 3.68. The smallest absolute Gasteiger partial charge is 0.261 e. The third-order valence-electron chi connectivity index (χ3n) is 5.28. The maximum absolute atomic E-state index is 12.4. The van der Waals surface area contributed by atoms with Gasteiger partial charge in [-0.3, -0.25) is 4.79 Å². The number of fused-ring (bicyclic) bond motifs is 1. The number of carbonyl (C=O) groups excluding carboxylic acids is 1. The van der Waals surface area contributed by atoms with Crippen LogP contribution >= 0.6 is 11.3 Å².